The van der Waals surface area contributed by atoms with E-state index in [0.717, 1.165) is 37.1 Å². The van der Waals surface area contributed by atoms with Crippen LogP contribution in [0.2, 0.25) is 5.02 Å². The first-order chi connectivity index (χ1) is 12.1. The molecular formula is C20H19ClN2O2. The highest BCUT2D eigenvalue weighted by atomic mass is 35.5. The van der Waals surface area contributed by atoms with E-state index in [-0.39, 0.29) is 17.7 Å². The number of hydrogen-bond acceptors (Lipinski definition) is 2. The number of benzene rings is 2. The van der Waals surface area contributed by atoms with E-state index in [0.29, 0.717) is 17.1 Å². The van der Waals surface area contributed by atoms with Gasteiger partial charge in [-0.05, 0) is 60.7 Å². The number of carbonyl (C=O) groups is 2. The van der Waals surface area contributed by atoms with E-state index in [9.17, 15) is 9.59 Å². The Morgan fingerprint density at radius 3 is 2.68 bits per heavy atom. The molecule has 0 aromatic heterocycles. The summed E-state index contributed by atoms with van der Waals surface area (Å²) < 4.78 is 0. The molecule has 2 aliphatic rings. The van der Waals surface area contributed by atoms with Crippen LogP contribution in [-0.4, -0.2) is 23.3 Å². The minimum absolute atomic E-state index is 0.191. The zero-order chi connectivity index (χ0) is 17.4. The summed E-state index contributed by atoms with van der Waals surface area (Å²) in [6.07, 6.45) is 2.92. The summed E-state index contributed by atoms with van der Waals surface area (Å²) >= 11 is 5.95. The van der Waals surface area contributed by atoms with Gasteiger partial charge in [-0.2, -0.15) is 0 Å². The number of nitrogens with zero attached hydrogens (tertiary/aromatic N) is 1. The molecular weight excluding hydrogens is 336 g/mol. The van der Waals surface area contributed by atoms with E-state index in [1.165, 1.54) is 5.56 Å². The summed E-state index contributed by atoms with van der Waals surface area (Å²) in [5, 5.41) is 3.45. The third-order valence-corrected chi connectivity index (χ3v) is 5.04. The van der Waals surface area contributed by atoms with Crippen LogP contribution >= 0.6 is 11.6 Å². The molecule has 1 fully saturated rings. The molecule has 0 unspecified atom stereocenters. The molecule has 2 aromatic carbocycles. The van der Waals surface area contributed by atoms with Crippen LogP contribution < -0.4 is 5.32 Å². The summed E-state index contributed by atoms with van der Waals surface area (Å²) in [5.74, 6) is 0.329. The fourth-order valence-corrected chi connectivity index (χ4v) is 3.43. The molecule has 1 N–H and O–H groups in total. The predicted octanol–water partition coefficient (Wildman–Crippen LogP) is 3.89. The summed E-state index contributed by atoms with van der Waals surface area (Å²) in [4.78, 5) is 26.6. The maximum atomic E-state index is 12.4. The van der Waals surface area contributed by atoms with Crippen LogP contribution in [-0.2, 0) is 17.8 Å². The van der Waals surface area contributed by atoms with Gasteiger partial charge in [-0.3, -0.25) is 9.59 Å². The maximum Gasteiger partial charge on any atom is 0.255 e. The number of rotatable bonds is 3. The van der Waals surface area contributed by atoms with Crippen molar-refractivity contribution in [3.63, 3.8) is 0 Å². The van der Waals surface area contributed by atoms with Crippen molar-refractivity contribution in [2.45, 2.75) is 25.8 Å². The second-order valence-electron chi connectivity index (χ2n) is 6.73. The fraction of sp³-hybridized carbons (Fsp3) is 0.300. The highest BCUT2D eigenvalue weighted by Crippen LogP contribution is 2.33. The van der Waals surface area contributed by atoms with Crippen molar-refractivity contribution in [1.82, 2.24) is 4.90 Å². The van der Waals surface area contributed by atoms with Gasteiger partial charge < -0.3 is 10.2 Å². The highest BCUT2D eigenvalue weighted by molar-refractivity contribution is 6.31. The molecule has 25 heavy (non-hydrogen) atoms. The number of amides is 2. The van der Waals surface area contributed by atoms with Crippen molar-refractivity contribution in [2.24, 2.45) is 5.92 Å². The molecule has 0 radical (unpaired) electrons. The van der Waals surface area contributed by atoms with Crippen LogP contribution in [0.3, 0.4) is 0 Å². The monoisotopic (exact) mass is 354 g/mol. The van der Waals surface area contributed by atoms with Crippen molar-refractivity contribution < 1.29 is 9.59 Å². The minimum Gasteiger partial charge on any atom is -0.338 e. The quantitative estimate of drug-likeness (QED) is 0.909. The lowest BCUT2D eigenvalue weighted by Crippen LogP contribution is -2.36. The van der Waals surface area contributed by atoms with Gasteiger partial charge in [0.15, 0.2) is 0 Å². The van der Waals surface area contributed by atoms with Gasteiger partial charge in [-0.1, -0.05) is 23.7 Å². The van der Waals surface area contributed by atoms with Crippen molar-refractivity contribution in [1.29, 1.82) is 0 Å². The van der Waals surface area contributed by atoms with Gasteiger partial charge in [0.2, 0.25) is 5.91 Å². The summed E-state index contributed by atoms with van der Waals surface area (Å²) in [6, 6.07) is 12.8. The molecule has 1 saturated carbocycles. The lowest BCUT2D eigenvalue weighted by atomic mass is 9.98. The summed E-state index contributed by atoms with van der Waals surface area (Å²) in [5.41, 5.74) is 3.63. The molecule has 5 heteroatoms. The Hall–Kier alpha value is -2.33. The number of carbonyl (C=O) groups excluding carboxylic acids is 2. The van der Waals surface area contributed by atoms with Crippen LogP contribution in [0.15, 0.2) is 42.5 Å². The lowest BCUT2D eigenvalue weighted by Gasteiger charge is -2.29. The van der Waals surface area contributed by atoms with E-state index in [4.69, 9.17) is 11.6 Å². The SMILES string of the molecule is O=C(Nc1ccc2c(c1)CN(C(=O)C1CC1)CC2)c1cccc(Cl)c1. The van der Waals surface area contributed by atoms with E-state index in [2.05, 4.69) is 5.32 Å². The number of fused-ring (bicyclic) bond motifs is 1. The first-order valence-electron chi connectivity index (χ1n) is 8.57. The van der Waals surface area contributed by atoms with E-state index in [1.54, 1.807) is 24.3 Å². The third kappa shape index (κ3) is 3.54. The number of anilines is 1. The van der Waals surface area contributed by atoms with Crippen molar-refractivity contribution in [3.05, 3.63) is 64.2 Å². The Morgan fingerprint density at radius 1 is 1.08 bits per heavy atom. The van der Waals surface area contributed by atoms with Crippen LogP contribution in [0.25, 0.3) is 0 Å². The summed E-state index contributed by atoms with van der Waals surface area (Å²) in [7, 11) is 0. The number of hydrogen-bond donors (Lipinski definition) is 1. The minimum atomic E-state index is -0.191. The molecule has 0 atom stereocenters. The zero-order valence-electron chi connectivity index (χ0n) is 13.8. The zero-order valence-corrected chi connectivity index (χ0v) is 14.6. The molecule has 0 saturated heterocycles. The predicted molar refractivity (Wildman–Crippen MR) is 97.7 cm³/mol. The van der Waals surface area contributed by atoms with E-state index in [1.807, 2.05) is 23.1 Å². The van der Waals surface area contributed by atoms with Gasteiger partial charge >= 0.3 is 0 Å². The van der Waals surface area contributed by atoms with Gasteiger partial charge in [0.05, 0.1) is 0 Å². The van der Waals surface area contributed by atoms with Crippen molar-refractivity contribution >= 4 is 29.1 Å². The largest absolute Gasteiger partial charge is 0.338 e. The molecule has 1 aliphatic carbocycles. The van der Waals surface area contributed by atoms with Gasteiger partial charge in [-0.25, -0.2) is 0 Å². The van der Waals surface area contributed by atoms with E-state index >= 15 is 0 Å². The topological polar surface area (TPSA) is 49.4 Å². The smallest absolute Gasteiger partial charge is 0.255 e. The first kappa shape index (κ1) is 16.2. The standard InChI is InChI=1S/C20H19ClN2O2/c21-17-3-1-2-15(10-17)19(24)22-18-7-6-13-8-9-23(12-16(13)11-18)20(25)14-4-5-14/h1-3,6-7,10-11,14H,4-5,8-9,12H2,(H,22,24). The number of halogens is 1. The summed E-state index contributed by atoms with van der Waals surface area (Å²) in [6.45, 7) is 1.42. The molecule has 4 rings (SSSR count). The Morgan fingerprint density at radius 2 is 1.92 bits per heavy atom. The molecule has 1 aliphatic heterocycles. The Bertz CT molecular complexity index is 845. The highest BCUT2D eigenvalue weighted by Gasteiger charge is 2.34. The van der Waals surface area contributed by atoms with Gasteiger partial charge in [-0.15, -0.1) is 0 Å². The first-order valence-corrected chi connectivity index (χ1v) is 8.95. The number of nitrogens with one attached hydrogen (secondary N) is 1. The molecule has 4 nitrogen and oxygen atoms in total. The lowest BCUT2D eigenvalue weighted by molar-refractivity contribution is -0.133. The molecule has 0 bridgehead atoms. The molecule has 1 heterocycles. The Balaban J connectivity index is 1.50. The van der Waals surface area contributed by atoms with Gasteiger partial charge in [0.25, 0.3) is 5.91 Å². The average Bonchev–Trinajstić information content (AvgIpc) is 3.45. The van der Waals surface area contributed by atoms with Crippen LogP contribution in [0.1, 0.15) is 34.3 Å². The van der Waals surface area contributed by atoms with Crippen molar-refractivity contribution in [3.8, 4) is 0 Å². The fourth-order valence-electron chi connectivity index (χ4n) is 3.24. The maximum absolute atomic E-state index is 12.4. The third-order valence-electron chi connectivity index (χ3n) is 4.80. The van der Waals surface area contributed by atoms with Crippen LogP contribution in [0.5, 0.6) is 0 Å². The van der Waals surface area contributed by atoms with Gasteiger partial charge in [0.1, 0.15) is 0 Å². The normalized spacial score (nSPS) is 16.3. The second kappa shape index (κ2) is 6.52. The Kier molecular flexibility index (Phi) is 4.22. The molecule has 2 aromatic rings. The molecule has 128 valence electrons. The second-order valence-corrected chi connectivity index (χ2v) is 7.17. The van der Waals surface area contributed by atoms with Crippen LogP contribution in [0, 0.1) is 5.92 Å². The Labute approximate surface area is 151 Å². The van der Waals surface area contributed by atoms with Crippen molar-refractivity contribution in [2.75, 3.05) is 11.9 Å². The van der Waals surface area contributed by atoms with Gasteiger partial charge in [0, 0.05) is 35.3 Å². The molecule has 0 spiro atoms. The van der Waals surface area contributed by atoms with E-state index < -0.39 is 0 Å². The molecule has 2 amide bonds. The average molecular weight is 355 g/mol. The van der Waals surface area contributed by atoms with Crippen LogP contribution in [0.4, 0.5) is 5.69 Å².